The van der Waals surface area contributed by atoms with E-state index in [0.717, 1.165) is 12.1 Å². The number of aliphatic hydroxyl groups excluding tert-OH is 2. The Hall–Kier alpha value is -3.56. The summed E-state index contributed by atoms with van der Waals surface area (Å²) in [7, 11) is 0. The van der Waals surface area contributed by atoms with Crippen LogP contribution >= 0.6 is 0 Å². The van der Waals surface area contributed by atoms with Gasteiger partial charge in [0, 0.05) is 5.56 Å². The molecule has 124 valence electrons. The Morgan fingerprint density at radius 1 is 1.04 bits per heavy atom. The lowest BCUT2D eigenvalue weighted by atomic mass is 9.83. The van der Waals surface area contributed by atoms with Gasteiger partial charge in [-0.1, -0.05) is 0 Å². The van der Waals surface area contributed by atoms with Crippen molar-refractivity contribution in [1.82, 2.24) is 10.3 Å². The van der Waals surface area contributed by atoms with E-state index in [1.807, 2.05) is 0 Å². The molecule has 0 radical (unpaired) electrons. The van der Waals surface area contributed by atoms with Gasteiger partial charge in [0.25, 0.3) is 0 Å². The highest BCUT2D eigenvalue weighted by molar-refractivity contribution is 5.96. The third-order valence-corrected chi connectivity index (χ3v) is 3.85. The molecule has 2 heterocycles. The average Bonchev–Trinajstić information content (AvgIpc) is 2.96. The van der Waals surface area contributed by atoms with Crippen molar-refractivity contribution in [3.05, 3.63) is 46.1 Å². The van der Waals surface area contributed by atoms with Gasteiger partial charge in [-0.3, -0.25) is 0 Å². The maximum atomic E-state index is 11.5. The molecule has 1 aliphatic carbocycles. The van der Waals surface area contributed by atoms with Gasteiger partial charge in [-0.25, -0.2) is 19.4 Å². The van der Waals surface area contributed by atoms with Gasteiger partial charge in [0.05, 0.1) is 17.5 Å². The molecule has 1 aromatic rings. The van der Waals surface area contributed by atoms with Crippen LogP contribution in [0.15, 0.2) is 23.6 Å². The summed E-state index contributed by atoms with van der Waals surface area (Å²) in [6, 6.07) is -0.195. The summed E-state index contributed by atoms with van der Waals surface area (Å²) in [4.78, 5) is 37.4. The second-order valence-corrected chi connectivity index (χ2v) is 5.19. The van der Waals surface area contributed by atoms with Crippen LogP contribution in [-0.4, -0.2) is 48.4 Å². The Morgan fingerprint density at radius 2 is 1.71 bits per heavy atom. The number of nitrogens with zero attached hydrogens (tertiary/aromatic N) is 1. The van der Waals surface area contributed by atoms with Gasteiger partial charge < -0.3 is 30.8 Å². The summed E-state index contributed by atoms with van der Waals surface area (Å²) in [5.41, 5.74) is -1.89. The fraction of sp³-hybridized carbons (Fsp3) is 0.143. The van der Waals surface area contributed by atoms with Gasteiger partial charge in [0.1, 0.15) is 22.8 Å². The third kappa shape index (κ3) is 2.04. The van der Waals surface area contributed by atoms with Crippen molar-refractivity contribution >= 4 is 23.7 Å². The lowest BCUT2D eigenvalue weighted by Gasteiger charge is -2.28. The van der Waals surface area contributed by atoms with Gasteiger partial charge in [0.2, 0.25) is 0 Å². The first kappa shape index (κ1) is 15.3. The summed E-state index contributed by atoms with van der Waals surface area (Å²) in [6.07, 6.45) is 1.14. The van der Waals surface area contributed by atoms with Crippen molar-refractivity contribution in [1.29, 1.82) is 0 Å². The van der Waals surface area contributed by atoms with E-state index >= 15 is 0 Å². The Morgan fingerprint density at radius 3 is 2.25 bits per heavy atom. The molecule has 2 unspecified atom stereocenters. The number of nitrogens with one attached hydrogen (secondary N) is 1. The predicted molar refractivity (Wildman–Crippen MR) is 75.4 cm³/mol. The highest BCUT2D eigenvalue weighted by Gasteiger charge is 2.43. The highest BCUT2D eigenvalue weighted by Crippen LogP contribution is 2.44. The summed E-state index contributed by atoms with van der Waals surface area (Å²) in [6.45, 7) is 0. The molecule has 0 amide bonds. The van der Waals surface area contributed by atoms with Crippen molar-refractivity contribution in [3.8, 4) is 0 Å². The minimum Gasteiger partial charge on any atom is -0.508 e. The number of carboxylic acid groups (broad SMARTS) is 3. The number of carboxylic acids is 3. The molecule has 2 atom stereocenters. The Labute approximate surface area is 133 Å². The molecule has 0 bridgehead atoms. The van der Waals surface area contributed by atoms with E-state index < -0.39 is 58.3 Å². The average molecular weight is 334 g/mol. The number of rotatable bonds is 3. The molecule has 1 aromatic heterocycles. The summed E-state index contributed by atoms with van der Waals surface area (Å²) >= 11 is 0. The van der Waals surface area contributed by atoms with E-state index in [-0.39, 0.29) is 11.3 Å². The van der Waals surface area contributed by atoms with Gasteiger partial charge in [-0.15, -0.1) is 0 Å². The van der Waals surface area contributed by atoms with Crippen LogP contribution in [0, 0.1) is 5.92 Å². The van der Waals surface area contributed by atoms with Gasteiger partial charge in [-0.05, 0) is 12.1 Å². The molecule has 0 aromatic carbocycles. The Kier molecular flexibility index (Phi) is 3.18. The van der Waals surface area contributed by atoms with Gasteiger partial charge in [0.15, 0.2) is 5.76 Å². The van der Waals surface area contributed by atoms with Crippen LogP contribution in [0.4, 0.5) is 0 Å². The van der Waals surface area contributed by atoms with Crippen LogP contribution in [0.5, 0.6) is 0 Å². The normalized spacial score (nSPS) is 21.4. The lowest BCUT2D eigenvalue weighted by molar-refractivity contribution is -0.133. The van der Waals surface area contributed by atoms with Crippen LogP contribution in [0.3, 0.4) is 0 Å². The molecule has 0 saturated carbocycles. The number of aromatic carboxylic acids is 2. The molecule has 3 rings (SSSR count). The fourth-order valence-electron chi connectivity index (χ4n) is 2.82. The molecule has 24 heavy (non-hydrogen) atoms. The van der Waals surface area contributed by atoms with E-state index in [0.29, 0.717) is 0 Å². The van der Waals surface area contributed by atoms with Crippen molar-refractivity contribution in [2.75, 3.05) is 0 Å². The zero-order chi connectivity index (χ0) is 17.8. The maximum absolute atomic E-state index is 11.5. The minimum atomic E-state index is -1.52. The quantitative estimate of drug-likeness (QED) is 0.456. The zero-order valence-corrected chi connectivity index (χ0v) is 11.7. The standard InChI is InChI=1S/C14H10N2O8/c17-10-4-2-6(14(23)24)15-8(4)7-3(12(19)20)1-5(13(21)22)16-9(7)11(10)18/h1-2,4,8,15,17-18H,(H,19,20)(H,21,22)(H,23,24). The smallest absolute Gasteiger partial charge is 0.354 e. The van der Waals surface area contributed by atoms with Gasteiger partial charge in [-0.2, -0.15) is 0 Å². The number of aliphatic carboxylic acids is 1. The first-order valence-electron chi connectivity index (χ1n) is 6.58. The Balaban J connectivity index is 2.29. The van der Waals surface area contributed by atoms with Crippen molar-refractivity contribution < 1.29 is 39.9 Å². The molecule has 0 spiro atoms. The van der Waals surface area contributed by atoms with Crippen molar-refractivity contribution in [3.63, 3.8) is 0 Å². The largest absolute Gasteiger partial charge is 0.508 e. The van der Waals surface area contributed by atoms with E-state index in [4.69, 9.17) is 10.2 Å². The minimum absolute atomic E-state index is 0.0969. The van der Waals surface area contributed by atoms with Gasteiger partial charge >= 0.3 is 17.9 Å². The SMILES string of the molecule is O=C(O)C1=CC2C(O)=C(O)c3nc(C(=O)O)cc(C(=O)O)c3C2N1. The first-order valence-corrected chi connectivity index (χ1v) is 6.58. The molecule has 6 N–H and O–H groups in total. The lowest BCUT2D eigenvalue weighted by Crippen LogP contribution is -2.30. The summed E-state index contributed by atoms with van der Waals surface area (Å²) in [5, 5.41) is 50.1. The number of aliphatic hydroxyl groups is 2. The van der Waals surface area contributed by atoms with E-state index in [1.165, 1.54) is 0 Å². The van der Waals surface area contributed by atoms with Crippen LogP contribution in [-0.2, 0) is 4.79 Å². The number of pyridine rings is 1. The summed E-state index contributed by atoms with van der Waals surface area (Å²) < 4.78 is 0. The topological polar surface area (TPSA) is 177 Å². The zero-order valence-electron chi connectivity index (χ0n) is 11.7. The van der Waals surface area contributed by atoms with Crippen molar-refractivity contribution in [2.45, 2.75) is 6.04 Å². The highest BCUT2D eigenvalue weighted by atomic mass is 16.4. The number of fused-ring (bicyclic) bond motifs is 3. The van der Waals surface area contributed by atoms with Crippen molar-refractivity contribution in [2.24, 2.45) is 5.92 Å². The Bertz CT molecular complexity index is 870. The number of hydrogen-bond acceptors (Lipinski definition) is 7. The number of carbonyl (C=O) groups is 3. The molecule has 0 fully saturated rings. The van der Waals surface area contributed by atoms with E-state index in [9.17, 15) is 29.7 Å². The molecular formula is C14H10N2O8. The monoisotopic (exact) mass is 334 g/mol. The molecule has 2 aliphatic rings. The first-order chi connectivity index (χ1) is 11.2. The molecule has 0 saturated heterocycles. The van der Waals surface area contributed by atoms with E-state index in [1.54, 1.807) is 0 Å². The summed E-state index contributed by atoms with van der Waals surface area (Å²) in [5.74, 6) is -6.75. The molecule has 1 aliphatic heterocycles. The van der Waals surface area contributed by atoms with Crippen LogP contribution in [0.25, 0.3) is 5.76 Å². The van der Waals surface area contributed by atoms with Crippen LogP contribution in [0.1, 0.15) is 38.1 Å². The molecule has 10 nitrogen and oxygen atoms in total. The maximum Gasteiger partial charge on any atom is 0.354 e. The van der Waals surface area contributed by atoms with Crippen LogP contribution < -0.4 is 5.32 Å². The number of aromatic nitrogens is 1. The second-order valence-electron chi connectivity index (χ2n) is 5.19. The number of hydrogen-bond donors (Lipinski definition) is 6. The van der Waals surface area contributed by atoms with E-state index in [2.05, 4.69) is 10.3 Å². The fourth-order valence-corrected chi connectivity index (χ4v) is 2.82. The van der Waals surface area contributed by atoms with Crippen LogP contribution in [0.2, 0.25) is 0 Å². The molecular weight excluding hydrogens is 324 g/mol. The third-order valence-electron chi connectivity index (χ3n) is 3.85. The predicted octanol–water partition coefficient (Wildman–Crippen LogP) is 0.505. The molecule has 10 heteroatoms. The second kappa shape index (κ2) is 4.98.